The van der Waals surface area contributed by atoms with Crippen LogP contribution in [0, 0.1) is 0 Å². The minimum atomic E-state index is 0.741. The molecule has 0 radical (unpaired) electrons. The molecule has 5 heteroatoms. The SMILES string of the molecule is COc1ccc(Oc2ccc(Cn3cnc4ncccc43)cc2)cc1. The second-order valence-electron chi connectivity index (χ2n) is 5.64. The average molecular weight is 331 g/mol. The first-order valence-electron chi connectivity index (χ1n) is 7.98. The Kier molecular flexibility index (Phi) is 4.04. The van der Waals surface area contributed by atoms with Crippen molar-refractivity contribution in [1.29, 1.82) is 0 Å². The molecule has 4 aromatic rings. The molecule has 124 valence electrons. The van der Waals surface area contributed by atoms with E-state index in [1.807, 2.05) is 54.9 Å². The smallest absolute Gasteiger partial charge is 0.177 e. The first-order chi connectivity index (χ1) is 12.3. The van der Waals surface area contributed by atoms with E-state index in [0.29, 0.717) is 0 Å². The van der Waals surface area contributed by atoms with Gasteiger partial charge in [-0.05, 0) is 54.1 Å². The molecule has 0 amide bonds. The number of methoxy groups -OCH3 is 1. The molecule has 0 atom stereocenters. The van der Waals surface area contributed by atoms with Crippen molar-refractivity contribution in [2.75, 3.05) is 7.11 Å². The van der Waals surface area contributed by atoms with Crippen LogP contribution in [0.4, 0.5) is 0 Å². The number of imidazole rings is 1. The zero-order valence-electron chi connectivity index (χ0n) is 13.8. The highest BCUT2D eigenvalue weighted by Gasteiger charge is 2.04. The van der Waals surface area contributed by atoms with Gasteiger partial charge in [0.15, 0.2) is 5.65 Å². The molecule has 0 aliphatic carbocycles. The number of ether oxygens (including phenoxy) is 2. The van der Waals surface area contributed by atoms with Crippen LogP contribution in [0.3, 0.4) is 0 Å². The number of nitrogens with zero attached hydrogens (tertiary/aromatic N) is 3. The average Bonchev–Trinajstić information content (AvgIpc) is 3.07. The summed E-state index contributed by atoms with van der Waals surface area (Å²) < 4.78 is 13.1. The number of fused-ring (bicyclic) bond motifs is 1. The van der Waals surface area contributed by atoms with Gasteiger partial charge in [0, 0.05) is 12.7 Å². The monoisotopic (exact) mass is 331 g/mol. The van der Waals surface area contributed by atoms with Crippen LogP contribution >= 0.6 is 0 Å². The van der Waals surface area contributed by atoms with Gasteiger partial charge < -0.3 is 14.0 Å². The van der Waals surface area contributed by atoms with Gasteiger partial charge in [0.25, 0.3) is 0 Å². The lowest BCUT2D eigenvalue weighted by Gasteiger charge is -2.08. The van der Waals surface area contributed by atoms with Crippen LogP contribution in [0.2, 0.25) is 0 Å². The molecule has 0 N–H and O–H groups in total. The Morgan fingerprint density at radius 1 is 0.840 bits per heavy atom. The highest BCUT2D eigenvalue weighted by Crippen LogP contribution is 2.24. The molecule has 0 saturated heterocycles. The molecule has 0 aliphatic heterocycles. The van der Waals surface area contributed by atoms with Crippen molar-refractivity contribution >= 4 is 11.2 Å². The molecule has 0 bridgehead atoms. The van der Waals surface area contributed by atoms with Gasteiger partial charge in [-0.3, -0.25) is 0 Å². The van der Waals surface area contributed by atoms with Crippen LogP contribution in [-0.4, -0.2) is 21.6 Å². The van der Waals surface area contributed by atoms with Gasteiger partial charge in [-0.25, -0.2) is 9.97 Å². The summed E-state index contributed by atoms with van der Waals surface area (Å²) in [6.45, 7) is 0.741. The number of hydrogen-bond acceptors (Lipinski definition) is 4. The lowest BCUT2D eigenvalue weighted by atomic mass is 10.2. The zero-order valence-corrected chi connectivity index (χ0v) is 13.8. The summed E-state index contributed by atoms with van der Waals surface area (Å²) in [6, 6.07) is 19.5. The van der Waals surface area contributed by atoms with E-state index in [1.54, 1.807) is 13.3 Å². The standard InChI is InChI=1S/C20H17N3O2/c1-24-16-8-10-18(11-9-16)25-17-6-4-15(5-7-17)13-23-14-22-20-19(23)3-2-12-21-20/h2-12,14H,13H2,1H3. The van der Waals surface area contributed by atoms with Crippen LogP contribution in [0.15, 0.2) is 73.2 Å². The van der Waals surface area contributed by atoms with E-state index in [9.17, 15) is 0 Å². The Balaban J connectivity index is 1.48. The van der Waals surface area contributed by atoms with Crippen LogP contribution < -0.4 is 9.47 Å². The van der Waals surface area contributed by atoms with Gasteiger partial charge in [-0.1, -0.05) is 12.1 Å². The van der Waals surface area contributed by atoms with Crippen molar-refractivity contribution < 1.29 is 9.47 Å². The zero-order chi connectivity index (χ0) is 17.1. The van der Waals surface area contributed by atoms with E-state index in [4.69, 9.17) is 9.47 Å². The molecular weight excluding hydrogens is 314 g/mol. The maximum Gasteiger partial charge on any atom is 0.177 e. The predicted molar refractivity (Wildman–Crippen MR) is 96.1 cm³/mol. The number of rotatable bonds is 5. The topological polar surface area (TPSA) is 49.2 Å². The van der Waals surface area contributed by atoms with Crippen molar-refractivity contribution in [3.63, 3.8) is 0 Å². The van der Waals surface area contributed by atoms with Gasteiger partial charge in [-0.15, -0.1) is 0 Å². The van der Waals surface area contributed by atoms with E-state index >= 15 is 0 Å². The van der Waals surface area contributed by atoms with Crippen molar-refractivity contribution in [3.05, 3.63) is 78.8 Å². The third-order valence-corrected chi connectivity index (χ3v) is 3.97. The van der Waals surface area contributed by atoms with Crippen LogP contribution in [0.25, 0.3) is 11.2 Å². The van der Waals surface area contributed by atoms with Crippen molar-refractivity contribution in [3.8, 4) is 17.2 Å². The van der Waals surface area contributed by atoms with Crippen molar-refractivity contribution in [1.82, 2.24) is 14.5 Å². The van der Waals surface area contributed by atoms with Gasteiger partial charge in [0.05, 0.1) is 19.0 Å². The maximum atomic E-state index is 5.85. The molecule has 5 nitrogen and oxygen atoms in total. The van der Waals surface area contributed by atoms with E-state index in [0.717, 1.165) is 35.0 Å². The summed E-state index contributed by atoms with van der Waals surface area (Å²) in [5.74, 6) is 2.39. The first-order valence-corrected chi connectivity index (χ1v) is 7.98. The summed E-state index contributed by atoms with van der Waals surface area (Å²) in [5.41, 5.74) is 2.97. The van der Waals surface area contributed by atoms with Crippen LogP contribution in [-0.2, 0) is 6.54 Å². The first kappa shape index (κ1) is 15.2. The van der Waals surface area contributed by atoms with Gasteiger partial charge in [0.1, 0.15) is 17.2 Å². The Hall–Kier alpha value is -3.34. The highest BCUT2D eigenvalue weighted by atomic mass is 16.5. The van der Waals surface area contributed by atoms with Crippen molar-refractivity contribution in [2.45, 2.75) is 6.54 Å². The highest BCUT2D eigenvalue weighted by molar-refractivity contribution is 5.70. The Bertz CT molecular complexity index is 976. The van der Waals surface area contributed by atoms with Crippen LogP contribution in [0.5, 0.6) is 17.2 Å². The Morgan fingerprint density at radius 3 is 2.24 bits per heavy atom. The summed E-state index contributed by atoms with van der Waals surface area (Å²) in [4.78, 5) is 8.58. The number of hydrogen-bond donors (Lipinski definition) is 0. The van der Waals surface area contributed by atoms with E-state index in [2.05, 4.69) is 26.7 Å². The molecule has 2 aromatic heterocycles. The Labute approximate surface area is 145 Å². The molecular formula is C20H17N3O2. The molecule has 2 heterocycles. The van der Waals surface area contributed by atoms with Gasteiger partial charge in [0.2, 0.25) is 0 Å². The normalized spacial score (nSPS) is 10.8. The maximum absolute atomic E-state index is 5.85. The minimum absolute atomic E-state index is 0.741. The lowest BCUT2D eigenvalue weighted by molar-refractivity contribution is 0.413. The molecule has 25 heavy (non-hydrogen) atoms. The lowest BCUT2D eigenvalue weighted by Crippen LogP contribution is -1.97. The number of benzene rings is 2. The quantitative estimate of drug-likeness (QED) is 0.548. The second kappa shape index (κ2) is 6.65. The predicted octanol–water partition coefficient (Wildman–Crippen LogP) is 4.28. The number of pyridine rings is 1. The second-order valence-corrected chi connectivity index (χ2v) is 5.64. The molecule has 0 fully saturated rings. The fourth-order valence-electron chi connectivity index (χ4n) is 2.66. The van der Waals surface area contributed by atoms with Crippen LogP contribution in [0.1, 0.15) is 5.56 Å². The summed E-state index contributed by atoms with van der Waals surface area (Å²) in [5, 5.41) is 0. The third-order valence-electron chi connectivity index (χ3n) is 3.97. The molecule has 2 aromatic carbocycles. The summed E-state index contributed by atoms with van der Waals surface area (Å²) in [6.07, 6.45) is 3.57. The Morgan fingerprint density at radius 2 is 1.52 bits per heavy atom. The number of aromatic nitrogens is 3. The summed E-state index contributed by atoms with van der Waals surface area (Å²) in [7, 11) is 1.65. The van der Waals surface area contributed by atoms with Gasteiger partial charge in [-0.2, -0.15) is 0 Å². The molecule has 0 saturated carbocycles. The fourth-order valence-corrected chi connectivity index (χ4v) is 2.66. The fraction of sp³-hybridized carbons (Fsp3) is 0.100. The minimum Gasteiger partial charge on any atom is -0.497 e. The van der Waals surface area contributed by atoms with E-state index in [-0.39, 0.29) is 0 Å². The van der Waals surface area contributed by atoms with E-state index in [1.165, 1.54) is 5.56 Å². The third kappa shape index (κ3) is 3.30. The molecule has 0 spiro atoms. The molecule has 0 unspecified atom stereocenters. The van der Waals surface area contributed by atoms with E-state index < -0.39 is 0 Å². The van der Waals surface area contributed by atoms with Gasteiger partial charge >= 0.3 is 0 Å². The summed E-state index contributed by atoms with van der Waals surface area (Å²) >= 11 is 0. The molecule has 4 rings (SSSR count). The van der Waals surface area contributed by atoms with Crippen molar-refractivity contribution in [2.24, 2.45) is 0 Å². The molecule has 0 aliphatic rings. The largest absolute Gasteiger partial charge is 0.497 e.